The number of halogens is 5. The van der Waals surface area contributed by atoms with Crippen LogP contribution >= 0.6 is 59.6 Å². The molecule has 1 rings (SSSR count). The van der Waals surface area contributed by atoms with E-state index in [0.29, 0.717) is 0 Å². The maximum absolute atomic E-state index is 4.98. The van der Waals surface area contributed by atoms with Gasteiger partial charge in [-0.25, -0.2) is 0 Å². The number of hydrogen-bond donors (Lipinski definition) is 0. The van der Waals surface area contributed by atoms with Gasteiger partial charge in [-0.3, -0.25) is 0 Å². The Balaban J connectivity index is 0.000000325. The summed E-state index contributed by atoms with van der Waals surface area (Å²) < 4.78 is -3.69. The van der Waals surface area contributed by atoms with Gasteiger partial charge in [-0.1, -0.05) is 49.6 Å². The van der Waals surface area contributed by atoms with Crippen LogP contribution < -0.4 is 0 Å². The zero-order chi connectivity index (χ0) is 12.8. The first-order chi connectivity index (χ1) is 7.12. The van der Waals surface area contributed by atoms with Gasteiger partial charge in [-0.05, 0) is 11.1 Å². The molecule has 0 nitrogen and oxygen atoms in total. The summed E-state index contributed by atoms with van der Waals surface area (Å²) in [5.41, 5.74) is 2.27. The van der Waals surface area contributed by atoms with E-state index < -0.39 is 3.37 Å². The molecular formula is C10H10Cl5P. The molecular weight excluding hydrogens is 328 g/mol. The Morgan fingerprint density at radius 3 is 1.25 bits per heavy atom. The number of hydrogen-bond acceptors (Lipinski definition) is 0. The van der Waals surface area contributed by atoms with Crippen LogP contribution in [0.25, 0.3) is 12.2 Å². The van der Waals surface area contributed by atoms with Crippen molar-refractivity contribution < 1.29 is 0 Å². The third-order valence-electron chi connectivity index (χ3n) is 1.44. The van der Waals surface area contributed by atoms with Crippen molar-refractivity contribution in [3.63, 3.8) is 0 Å². The van der Waals surface area contributed by atoms with Crippen LogP contribution in [0.5, 0.6) is 0 Å². The van der Waals surface area contributed by atoms with Gasteiger partial charge in [-0.15, -0.1) is 0 Å². The second-order valence-electron chi connectivity index (χ2n) is 2.68. The van der Waals surface area contributed by atoms with E-state index in [1.807, 2.05) is 36.4 Å². The molecule has 90 valence electrons. The van der Waals surface area contributed by atoms with Crippen molar-refractivity contribution in [2.24, 2.45) is 0 Å². The van der Waals surface area contributed by atoms with E-state index in [0.717, 1.165) is 11.1 Å². The molecule has 0 atom stereocenters. The van der Waals surface area contributed by atoms with Gasteiger partial charge in [0, 0.05) is 0 Å². The van der Waals surface area contributed by atoms with E-state index in [4.69, 9.17) is 56.2 Å². The Hall–Kier alpha value is 0.580. The molecule has 0 aliphatic rings. The third kappa shape index (κ3) is 11.1. The molecule has 0 radical (unpaired) electrons. The van der Waals surface area contributed by atoms with Crippen LogP contribution in [-0.4, -0.2) is 0 Å². The Morgan fingerprint density at radius 1 is 0.812 bits per heavy atom. The van der Waals surface area contributed by atoms with Gasteiger partial charge in [0.1, 0.15) is 0 Å². The van der Waals surface area contributed by atoms with Crippen molar-refractivity contribution in [2.75, 3.05) is 0 Å². The van der Waals surface area contributed by atoms with Crippen LogP contribution in [0.1, 0.15) is 11.1 Å². The molecule has 0 aliphatic heterocycles. The predicted molar refractivity (Wildman–Crippen MR) is 82.8 cm³/mol. The van der Waals surface area contributed by atoms with E-state index in [9.17, 15) is 0 Å². The van der Waals surface area contributed by atoms with Gasteiger partial charge in [0.05, 0.1) is 0 Å². The van der Waals surface area contributed by atoms with E-state index in [2.05, 4.69) is 13.2 Å². The summed E-state index contributed by atoms with van der Waals surface area (Å²) in [5, 5.41) is 0. The molecule has 1 aromatic rings. The van der Waals surface area contributed by atoms with Crippen LogP contribution in [0.4, 0.5) is 0 Å². The first-order valence-corrected chi connectivity index (χ1v) is 10.8. The van der Waals surface area contributed by atoms with Gasteiger partial charge in [-0.2, -0.15) is 0 Å². The Labute approximate surface area is 120 Å². The van der Waals surface area contributed by atoms with Crippen molar-refractivity contribution in [1.82, 2.24) is 0 Å². The van der Waals surface area contributed by atoms with Crippen molar-refractivity contribution in [3.8, 4) is 0 Å². The molecule has 0 saturated carbocycles. The second-order valence-corrected chi connectivity index (χ2v) is 19.3. The van der Waals surface area contributed by atoms with Crippen molar-refractivity contribution in [1.29, 1.82) is 0 Å². The Morgan fingerprint density at radius 2 is 1.06 bits per heavy atom. The summed E-state index contributed by atoms with van der Waals surface area (Å²) in [6.07, 6.45) is 3.66. The van der Waals surface area contributed by atoms with E-state index in [1.54, 1.807) is 0 Å². The van der Waals surface area contributed by atoms with Crippen molar-refractivity contribution >= 4 is 71.7 Å². The fourth-order valence-electron chi connectivity index (χ4n) is 0.883. The molecule has 0 fully saturated rings. The van der Waals surface area contributed by atoms with Crippen LogP contribution in [0.15, 0.2) is 37.4 Å². The second kappa shape index (κ2) is 6.50. The first-order valence-electron chi connectivity index (χ1n) is 4.07. The van der Waals surface area contributed by atoms with E-state index in [-0.39, 0.29) is 0 Å². The van der Waals surface area contributed by atoms with E-state index >= 15 is 0 Å². The molecule has 0 saturated heterocycles. The average molecular weight is 338 g/mol. The molecule has 0 aliphatic carbocycles. The first kappa shape index (κ1) is 16.6. The molecule has 0 unspecified atom stereocenters. The topological polar surface area (TPSA) is 0 Å². The third-order valence-corrected chi connectivity index (χ3v) is 1.44. The standard InChI is InChI=1S/C10H10.Cl5P/c1-3-9-7-5-6-8-10(9)4-2;1-6(2,3,4)5/h3-8H,1-2H2;. The van der Waals surface area contributed by atoms with Crippen LogP contribution in [0.3, 0.4) is 0 Å². The van der Waals surface area contributed by atoms with Gasteiger partial charge in [0.25, 0.3) is 0 Å². The molecule has 0 aromatic heterocycles. The molecule has 0 bridgehead atoms. The van der Waals surface area contributed by atoms with Gasteiger partial charge in [0.15, 0.2) is 0 Å². The summed E-state index contributed by atoms with van der Waals surface area (Å²) in [4.78, 5) is 0. The predicted octanol–water partition coefficient (Wildman–Crippen LogP) is 7.28. The summed E-state index contributed by atoms with van der Waals surface area (Å²) >= 11 is 24.9. The van der Waals surface area contributed by atoms with Gasteiger partial charge >= 0.3 is 59.6 Å². The SMILES string of the molecule is C=Cc1ccccc1C=C.ClP(Cl)(Cl)(Cl)Cl. The molecule has 6 heteroatoms. The fourth-order valence-corrected chi connectivity index (χ4v) is 0.883. The number of benzene rings is 1. The fraction of sp³-hybridized carbons (Fsp3) is 0. The minimum atomic E-state index is -3.69. The van der Waals surface area contributed by atoms with Crippen molar-refractivity contribution in [2.45, 2.75) is 0 Å². The monoisotopic (exact) mass is 336 g/mol. The average Bonchev–Trinajstić information content (AvgIpc) is 2.14. The van der Waals surface area contributed by atoms with Crippen LogP contribution in [-0.2, 0) is 0 Å². The zero-order valence-electron chi connectivity index (χ0n) is 8.22. The molecule has 1 aromatic carbocycles. The summed E-state index contributed by atoms with van der Waals surface area (Å²) in [7, 11) is 0. The molecule has 0 amide bonds. The summed E-state index contributed by atoms with van der Waals surface area (Å²) in [6.45, 7) is 7.38. The summed E-state index contributed by atoms with van der Waals surface area (Å²) in [5.74, 6) is 0. The maximum atomic E-state index is 4.98. The number of rotatable bonds is 2. The summed E-state index contributed by atoms with van der Waals surface area (Å²) in [6, 6.07) is 8.02. The Kier molecular flexibility index (Phi) is 6.73. The van der Waals surface area contributed by atoms with E-state index in [1.165, 1.54) is 0 Å². The zero-order valence-corrected chi connectivity index (χ0v) is 12.9. The molecule has 0 N–H and O–H groups in total. The van der Waals surface area contributed by atoms with Crippen LogP contribution in [0.2, 0.25) is 0 Å². The van der Waals surface area contributed by atoms with Crippen LogP contribution in [0, 0.1) is 0 Å². The van der Waals surface area contributed by atoms with Crippen molar-refractivity contribution in [3.05, 3.63) is 48.6 Å². The molecule has 0 heterocycles. The normalized spacial score (nSPS) is 12.7. The van der Waals surface area contributed by atoms with Gasteiger partial charge < -0.3 is 0 Å². The minimum absolute atomic E-state index is 1.14. The Bertz CT molecular complexity index is 334. The molecule has 16 heavy (non-hydrogen) atoms. The van der Waals surface area contributed by atoms with Gasteiger partial charge in [0.2, 0.25) is 0 Å². The molecule has 0 spiro atoms. The quantitative estimate of drug-likeness (QED) is 0.497.